The summed E-state index contributed by atoms with van der Waals surface area (Å²) in [5, 5.41) is 1.20. The molecule has 0 amide bonds. The first-order valence-corrected chi connectivity index (χ1v) is 5.25. The number of carbonyl (C=O) groups is 1. The van der Waals surface area contributed by atoms with Gasteiger partial charge in [0, 0.05) is 16.6 Å². The van der Waals surface area contributed by atoms with Crippen molar-refractivity contribution in [3.8, 4) is 0 Å². The Hall–Kier alpha value is -1.77. The van der Waals surface area contributed by atoms with Gasteiger partial charge in [0.25, 0.3) is 0 Å². The molecule has 84 valence electrons. The number of methoxy groups -OCH3 is 1. The molecular formula is C13H15NO2. The van der Waals surface area contributed by atoms with Crippen molar-refractivity contribution < 1.29 is 9.53 Å². The number of ether oxygens (including phenoxy) is 1. The fourth-order valence-electron chi connectivity index (χ4n) is 1.97. The number of nitrogens with zero attached hydrogens (tertiary/aromatic N) is 1. The van der Waals surface area contributed by atoms with E-state index in [1.807, 2.05) is 23.6 Å². The number of esters is 1. The summed E-state index contributed by atoms with van der Waals surface area (Å²) in [6, 6.07) is 8.21. The zero-order chi connectivity index (χ0) is 11.7. The minimum absolute atomic E-state index is 0.220. The molecule has 0 N–H and O–H groups in total. The van der Waals surface area contributed by atoms with Gasteiger partial charge in [-0.2, -0.15) is 0 Å². The summed E-state index contributed by atoms with van der Waals surface area (Å²) in [7, 11) is 1.41. The van der Waals surface area contributed by atoms with Crippen LogP contribution in [0.15, 0.2) is 24.3 Å². The molecule has 0 unspecified atom stereocenters. The van der Waals surface area contributed by atoms with Gasteiger partial charge in [0.1, 0.15) is 6.54 Å². The van der Waals surface area contributed by atoms with Gasteiger partial charge in [-0.25, -0.2) is 0 Å². The quantitative estimate of drug-likeness (QED) is 0.723. The maximum atomic E-state index is 11.3. The Labute approximate surface area is 94.6 Å². The van der Waals surface area contributed by atoms with Gasteiger partial charge in [-0.1, -0.05) is 12.1 Å². The van der Waals surface area contributed by atoms with E-state index in [-0.39, 0.29) is 12.5 Å². The largest absolute Gasteiger partial charge is 0.468 e. The number of aromatic nitrogens is 1. The predicted octanol–water partition coefficient (Wildman–Crippen LogP) is 2.43. The third kappa shape index (κ3) is 1.69. The van der Waals surface area contributed by atoms with Crippen molar-refractivity contribution in [1.29, 1.82) is 0 Å². The van der Waals surface area contributed by atoms with E-state index >= 15 is 0 Å². The van der Waals surface area contributed by atoms with Crippen molar-refractivity contribution in [3.63, 3.8) is 0 Å². The maximum Gasteiger partial charge on any atom is 0.325 e. The summed E-state index contributed by atoms with van der Waals surface area (Å²) >= 11 is 0. The zero-order valence-corrected chi connectivity index (χ0v) is 9.78. The van der Waals surface area contributed by atoms with Gasteiger partial charge in [-0.15, -0.1) is 0 Å². The summed E-state index contributed by atoms with van der Waals surface area (Å²) in [6.07, 6.45) is 0. The highest BCUT2D eigenvalue weighted by Crippen LogP contribution is 2.22. The standard InChI is InChI=1S/C13H15NO2/c1-9-5-4-6-12-11(9)7-10(2)14(12)8-13(15)16-3/h4-7H,8H2,1-3H3. The fourth-order valence-corrected chi connectivity index (χ4v) is 1.97. The first-order chi connectivity index (χ1) is 7.63. The molecule has 0 aliphatic carbocycles. The number of rotatable bonds is 2. The van der Waals surface area contributed by atoms with Crippen LogP contribution < -0.4 is 0 Å². The topological polar surface area (TPSA) is 31.2 Å². The maximum absolute atomic E-state index is 11.3. The molecule has 0 fully saturated rings. The van der Waals surface area contributed by atoms with E-state index in [0.29, 0.717) is 0 Å². The first kappa shape index (κ1) is 10.7. The van der Waals surface area contributed by atoms with E-state index in [4.69, 9.17) is 4.74 Å². The van der Waals surface area contributed by atoms with E-state index in [1.165, 1.54) is 18.1 Å². The average Bonchev–Trinajstić information content (AvgIpc) is 2.58. The van der Waals surface area contributed by atoms with Gasteiger partial charge in [-0.05, 0) is 31.5 Å². The number of benzene rings is 1. The van der Waals surface area contributed by atoms with E-state index in [1.54, 1.807) is 0 Å². The van der Waals surface area contributed by atoms with Crippen LogP contribution in [0.5, 0.6) is 0 Å². The molecule has 0 bridgehead atoms. The lowest BCUT2D eigenvalue weighted by molar-refractivity contribution is -0.141. The van der Waals surface area contributed by atoms with E-state index < -0.39 is 0 Å². The van der Waals surface area contributed by atoms with Gasteiger partial charge >= 0.3 is 5.97 Å². The van der Waals surface area contributed by atoms with Crippen molar-refractivity contribution in [2.45, 2.75) is 20.4 Å². The molecule has 1 aromatic heterocycles. The third-order valence-electron chi connectivity index (χ3n) is 2.89. The predicted molar refractivity (Wildman–Crippen MR) is 63.4 cm³/mol. The Balaban J connectivity index is 2.56. The summed E-state index contributed by atoms with van der Waals surface area (Å²) in [4.78, 5) is 11.3. The monoisotopic (exact) mass is 217 g/mol. The third-order valence-corrected chi connectivity index (χ3v) is 2.89. The van der Waals surface area contributed by atoms with Crippen LogP contribution in [-0.4, -0.2) is 17.6 Å². The Kier molecular flexibility index (Phi) is 2.69. The lowest BCUT2D eigenvalue weighted by Gasteiger charge is -2.06. The number of hydrogen-bond acceptors (Lipinski definition) is 2. The van der Waals surface area contributed by atoms with Gasteiger partial charge in [0.05, 0.1) is 7.11 Å². The molecule has 3 nitrogen and oxygen atoms in total. The highest BCUT2D eigenvalue weighted by molar-refractivity contribution is 5.86. The Morgan fingerprint density at radius 3 is 2.81 bits per heavy atom. The number of aryl methyl sites for hydroxylation is 2. The molecule has 0 saturated carbocycles. The van der Waals surface area contributed by atoms with Crippen LogP contribution in [0.1, 0.15) is 11.3 Å². The summed E-state index contributed by atoms with van der Waals surface area (Å²) in [5.74, 6) is -0.220. The Bertz CT molecular complexity index is 540. The Morgan fingerprint density at radius 1 is 1.38 bits per heavy atom. The van der Waals surface area contributed by atoms with E-state index in [2.05, 4.69) is 19.1 Å². The second kappa shape index (κ2) is 4.00. The van der Waals surface area contributed by atoms with Crippen molar-refractivity contribution in [1.82, 2.24) is 4.57 Å². The molecule has 0 aliphatic rings. The molecule has 2 rings (SSSR count). The lowest BCUT2D eigenvalue weighted by Crippen LogP contribution is -2.12. The normalized spacial score (nSPS) is 10.7. The molecule has 2 aromatic rings. The van der Waals surface area contributed by atoms with Crippen molar-refractivity contribution in [3.05, 3.63) is 35.5 Å². The molecule has 0 radical (unpaired) electrons. The summed E-state index contributed by atoms with van der Waals surface area (Å²) in [6.45, 7) is 4.35. The smallest absolute Gasteiger partial charge is 0.325 e. The highest BCUT2D eigenvalue weighted by Gasteiger charge is 2.10. The molecule has 0 aliphatic heterocycles. The lowest BCUT2D eigenvalue weighted by atomic mass is 10.1. The van der Waals surface area contributed by atoms with Crippen LogP contribution in [-0.2, 0) is 16.1 Å². The Morgan fingerprint density at radius 2 is 2.12 bits per heavy atom. The second-order valence-corrected chi connectivity index (χ2v) is 3.96. The van der Waals surface area contributed by atoms with Gasteiger partial charge in [0.15, 0.2) is 0 Å². The van der Waals surface area contributed by atoms with Crippen molar-refractivity contribution in [2.24, 2.45) is 0 Å². The minimum atomic E-state index is -0.220. The molecular weight excluding hydrogens is 202 g/mol. The molecule has 16 heavy (non-hydrogen) atoms. The number of carbonyl (C=O) groups excluding carboxylic acids is 1. The molecule has 0 saturated heterocycles. The van der Waals surface area contributed by atoms with Gasteiger partial charge in [0.2, 0.25) is 0 Å². The zero-order valence-electron chi connectivity index (χ0n) is 9.78. The molecule has 1 heterocycles. The van der Waals surface area contributed by atoms with Crippen LogP contribution in [0.4, 0.5) is 0 Å². The fraction of sp³-hybridized carbons (Fsp3) is 0.308. The van der Waals surface area contributed by atoms with Crippen LogP contribution in [0, 0.1) is 13.8 Å². The molecule has 3 heteroatoms. The van der Waals surface area contributed by atoms with E-state index in [0.717, 1.165) is 11.2 Å². The molecule has 0 spiro atoms. The van der Waals surface area contributed by atoms with Gasteiger partial charge in [-0.3, -0.25) is 4.79 Å². The van der Waals surface area contributed by atoms with Crippen molar-refractivity contribution in [2.75, 3.05) is 7.11 Å². The second-order valence-electron chi connectivity index (χ2n) is 3.96. The number of fused-ring (bicyclic) bond motifs is 1. The van der Waals surface area contributed by atoms with Crippen LogP contribution in [0.25, 0.3) is 10.9 Å². The highest BCUT2D eigenvalue weighted by atomic mass is 16.5. The van der Waals surface area contributed by atoms with Crippen molar-refractivity contribution >= 4 is 16.9 Å². The van der Waals surface area contributed by atoms with E-state index in [9.17, 15) is 4.79 Å². The SMILES string of the molecule is COC(=O)Cn1c(C)cc2c(C)cccc21. The molecule has 0 atom stereocenters. The summed E-state index contributed by atoms with van der Waals surface area (Å²) in [5.41, 5.74) is 3.39. The average molecular weight is 217 g/mol. The summed E-state index contributed by atoms with van der Waals surface area (Å²) < 4.78 is 6.68. The number of hydrogen-bond donors (Lipinski definition) is 0. The van der Waals surface area contributed by atoms with Crippen LogP contribution in [0.3, 0.4) is 0 Å². The first-order valence-electron chi connectivity index (χ1n) is 5.25. The van der Waals surface area contributed by atoms with Crippen LogP contribution >= 0.6 is 0 Å². The van der Waals surface area contributed by atoms with Gasteiger partial charge < -0.3 is 9.30 Å². The van der Waals surface area contributed by atoms with Crippen LogP contribution in [0.2, 0.25) is 0 Å². The molecule has 1 aromatic carbocycles. The minimum Gasteiger partial charge on any atom is -0.468 e.